The lowest BCUT2D eigenvalue weighted by molar-refractivity contribution is -0.116. The van der Waals surface area contributed by atoms with E-state index in [1.54, 1.807) is 25.1 Å². The fourth-order valence-electron chi connectivity index (χ4n) is 3.31. The van der Waals surface area contributed by atoms with E-state index in [9.17, 15) is 22.8 Å². The summed E-state index contributed by atoms with van der Waals surface area (Å²) in [6.45, 7) is 2.03. The standard InChI is InChI=1S/C20H19N3O7S/c1-2-23(11-18(24)21-12-3-6-16-17(9-12)30-8-7-29-16)31(27,28)13-4-5-14-15(10-13)20(26)22-19(14)25/h3-6,9-10H,2,7-8,11H2,1H3,(H,21,24)(H,22,25,26). The molecule has 0 saturated carbocycles. The van der Waals surface area contributed by atoms with Gasteiger partial charge in [0.05, 0.1) is 22.6 Å². The monoisotopic (exact) mass is 445 g/mol. The molecule has 31 heavy (non-hydrogen) atoms. The molecule has 4 rings (SSSR count). The second-order valence-electron chi connectivity index (χ2n) is 6.83. The number of nitrogens with one attached hydrogen (secondary N) is 2. The molecule has 162 valence electrons. The molecule has 0 aromatic heterocycles. The molecule has 0 fully saturated rings. The minimum Gasteiger partial charge on any atom is -0.486 e. The summed E-state index contributed by atoms with van der Waals surface area (Å²) in [5, 5.41) is 4.76. The summed E-state index contributed by atoms with van der Waals surface area (Å²) in [6.07, 6.45) is 0. The quantitative estimate of drug-likeness (QED) is 0.634. The first kappa shape index (κ1) is 20.8. The highest BCUT2D eigenvalue weighted by atomic mass is 32.2. The normalized spacial score (nSPS) is 14.9. The maximum Gasteiger partial charge on any atom is 0.258 e. The highest BCUT2D eigenvalue weighted by molar-refractivity contribution is 7.89. The second kappa shape index (κ2) is 8.00. The van der Waals surface area contributed by atoms with Crippen molar-refractivity contribution in [3.8, 4) is 11.5 Å². The third kappa shape index (κ3) is 3.97. The number of benzene rings is 2. The summed E-state index contributed by atoms with van der Waals surface area (Å²) < 4.78 is 37.9. The van der Waals surface area contributed by atoms with Gasteiger partial charge in [-0.2, -0.15) is 4.31 Å². The molecule has 2 aromatic carbocycles. The highest BCUT2D eigenvalue weighted by Gasteiger charge is 2.31. The number of sulfonamides is 1. The number of amides is 3. The lowest BCUT2D eigenvalue weighted by Crippen LogP contribution is -2.38. The third-order valence-electron chi connectivity index (χ3n) is 4.84. The Bertz CT molecular complexity index is 1190. The minimum absolute atomic E-state index is 0.0112. The van der Waals surface area contributed by atoms with Gasteiger partial charge in [0, 0.05) is 18.3 Å². The zero-order valence-corrected chi connectivity index (χ0v) is 17.3. The van der Waals surface area contributed by atoms with Crippen LogP contribution in [0.15, 0.2) is 41.3 Å². The Balaban J connectivity index is 1.51. The van der Waals surface area contributed by atoms with Crippen molar-refractivity contribution in [1.82, 2.24) is 9.62 Å². The molecule has 0 saturated heterocycles. The molecule has 2 heterocycles. The van der Waals surface area contributed by atoms with Gasteiger partial charge in [-0.1, -0.05) is 6.92 Å². The van der Waals surface area contributed by atoms with Crippen LogP contribution in [0.25, 0.3) is 0 Å². The molecule has 10 nitrogen and oxygen atoms in total. The molecule has 0 bridgehead atoms. The van der Waals surface area contributed by atoms with Crippen LogP contribution in [0.5, 0.6) is 11.5 Å². The van der Waals surface area contributed by atoms with Gasteiger partial charge in [-0.05, 0) is 30.3 Å². The van der Waals surface area contributed by atoms with Gasteiger partial charge < -0.3 is 14.8 Å². The number of likely N-dealkylation sites (N-methyl/N-ethyl adjacent to an activating group) is 1. The number of imide groups is 1. The van der Waals surface area contributed by atoms with Crippen LogP contribution in [0.3, 0.4) is 0 Å². The predicted molar refractivity (Wildman–Crippen MR) is 109 cm³/mol. The maximum atomic E-state index is 13.0. The molecule has 2 aliphatic heterocycles. The van der Waals surface area contributed by atoms with E-state index >= 15 is 0 Å². The van der Waals surface area contributed by atoms with Crippen LogP contribution in [0.1, 0.15) is 27.6 Å². The van der Waals surface area contributed by atoms with Crippen molar-refractivity contribution in [2.24, 2.45) is 0 Å². The first-order valence-electron chi connectivity index (χ1n) is 9.49. The van der Waals surface area contributed by atoms with Gasteiger partial charge in [0.2, 0.25) is 15.9 Å². The smallest absolute Gasteiger partial charge is 0.258 e. The Labute approximate surface area is 178 Å². The van der Waals surface area contributed by atoms with Crippen LogP contribution in [-0.4, -0.2) is 56.7 Å². The minimum atomic E-state index is -4.08. The van der Waals surface area contributed by atoms with Crippen LogP contribution < -0.4 is 20.1 Å². The number of rotatable bonds is 6. The first-order valence-corrected chi connectivity index (χ1v) is 10.9. The molecule has 2 aliphatic rings. The van der Waals surface area contributed by atoms with E-state index in [2.05, 4.69) is 10.6 Å². The van der Waals surface area contributed by atoms with E-state index in [-0.39, 0.29) is 22.6 Å². The average Bonchev–Trinajstić information content (AvgIpc) is 3.05. The Kier molecular flexibility index (Phi) is 5.38. The van der Waals surface area contributed by atoms with Crippen LogP contribution in [0, 0.1) is 0 Å². The number of carbonyl (C=O) groups excluding carboxylic acids is 3. The van der Waals surface area contributed by atoms with Crippen LogP contribution >= 0.6 is 0 Å². The molecule has 0 spiro atoms. The Morgan fingerprint density at radius 3 is 2.48 bits per heavy atom. The molecule has 3 amide bonds. The SMILES string of the molecule is CCN(CC(=O)Nc1ccc2c(c1)OCCO2)S(=O)(=O)c1ccc2c(c1)C(=O)NC2=O. The predicted octanol–water partition coefficient (Wildman–Crippen LogP) is 0.991. The fourth-order valence-corrected chi connectivity index (χ4v) is 4.74. The van der Waals surface area contributed by atoms with Crippen molar-refractivity contribution < 1.29 is 32.3 Å². The van der Waals surface area contributed by atoms with Crippen molar-refractivity contribution in [1.29, 1.82) is 0 Å². The van der Waals surface area contributed by atoms with E-state index < -0.39 is 34.3 Å². The summed E-state index contributed by atoms with van der Waals surface area (Å²) in [4.78, 5) is 35.9. The molecule has 0 radical (unpaired) electrons. The molecule has 2 N–H and O–H groups in total. The number of anilines is 1. The first-order chi connectivity index (χ1) is 14.8. The van der Waals surface area contributed by atoms with Crippen molar-refractivity contribution in [2.75, 3.05) is 31.6 Å². The number of fused-ring (bicyclic) bond motifs is 2. The molecule has 0 aliphatic carbocycles. The van der Waals surface area contributed by atoms with E-state index in [1.807, 2.05) is 0 Å². The fraction of sp³-hybridized carbons (Fsp3) is 0.250. The lowest BCUT2D eigenvalue weighted by Gasteiger charge is -2.21. The Morgan fingerprint density at radius 1 is 1.03 bits per heavy atom. The van der Waals surface area contributed by atoms with E-state index in [0.29, 0.717) is 30.4 Å². The topological polar surface area (TPSA) is 131 Å². The van der Waals surface area contributed by atoms with E-state index in [0.717, 1.165) is 10.4 Å². The Morgan fingerprint density at radius 2 is 1.74 bits per heavy atom. The van der Waals surface area contributed by atoms with Gasteiger partial charge in [0.15, 0.2) is 11.5 Å². The molecule has 0 atom stereocenters. The number of hydrogen-bond donors (Lipinski definition) is 2. The van der Waals surface area contributed by atoms with Gasteiger partial charge in [-0.15, -0.1) is 0 Å². The summed E-state index contributed by atoms with van der Waals surface area (Å²) >= 11 is 0. The molecule has 11 heteroatoms. The van der Waals surface area contributed by atoms with Crippen molar-refractivity contribution >= 4 is 33.4 Å². The molecular weight excluding hydrogens is 426 g/mol. The molecular formula is C20H19N3O7S. The lowest BCUT2D eigenvalue weighted by atomic mass is 10.1. The van der Waals surface area contributed by atoms with Crippen LogP contribution in [0.2, 0.25) is 0 Å². The zero-order valence-electron chi connectivity index (χ0n) is 16.5. The summed E-state index contributed by atoms with van der Waals surface area (Å²) in [7, 11) is -4.08. The van der Waals surface area contributed by atoms with Gasteiger partial charge in [0.25, 0.3) is 11.8 Å². The van der Waals surface area contributed by atoms with Gasteiger partial charge in [-0.3, -0.25) is 19.7 Å². The van der Waals surface area contributed by atoms with Crippen molar-refractivity contribution in [3.63, 3.8) is 0 Å². The van der Waals surface area contributed by atoms with Gasteiger partial charge in [-0.25, -0.2) is 8.42 Å². The summed E-state index contributed by atoms with van der Waals surface area (Å²) in [6, 6.07) is 8.57. The second-order valence-corrected chi connectivity index (χ2v) is 8.77. The Hall–Kier alpha value is -3.44. The van der Waals surface area contributed by atoms with Crippen LogP contribution in [-0.2, 0) is 14.8 Å². The highest BCUT2D eigenvalue weighted by Crippen LogP contribution is 2.32. The number of hydrogen-bond acceptors (Lipinski definition) is 7. The van der Waals surface area contributed by atoms with Gasteiger partial charge >= 0.3 is 0 Å². The number of nitrogens with zero attached hydrogens (tertiary/aromatic N) is 1. The van der Waals surface area contributed by atoms with E-state index in [4.69, 9.17) is 9.47 Å². The maximum absolute atomic E-state index is 13.0. The van der Waals surface area contributed by atoms with Crippen LogP contribution in [0.4, 0.5) is 5.69 Å². The number of ether oxygens (including phenoxy) is 2. The number of carbonyl (C=O) groups is 3. The zero-order chi connectivity index (χ0) is 22.2. The van der Waals surface area contributed by atoms with Crippen molar-refractivity contribution in [3.05, 3.63) is 47.5 Å². The molecule has 0 unspecified atom stereocenters. The summed E-state index contributed by atoms with van der Waals surface area (Å²) in [5.74, 6) is -0.709. The van der Waals surface area contributed by atoms with E-state index in [1.165, 1.54) is 12.1 Å². The summed E-state index contributed by atoms with van der Waals surface area (Å²) in [5.41, 5.74) is 0.543. The largest absolute Gasteiger partial charge is 0.486 e. The van der Waals surface area contributed by atoms with Crippen molar-refractivity contribution in [2.45, 2.75) is 11.8 Å². The third-order valence-corrected chi connectivity index (χ3v) is 6.76. The van der Waals surface area contributed by atoms with Gasteiger partial charge in [0.1, 0.15) is 13.2 Å². The molecule has 2 aromatic rings. The average molecular weight is 445 g/mol.